The van der Waals surface area contributed by atoms with E-state index in [1.165, 1.54) is 133 Å². The lowest BCUT2D eigenvalue weighted by Crippen LogP contribution is -2.51. The molecular weight excluding hydrogens is 544 g/mol. The molecular formula is C40H66O4. The van der Waals surface area contributed by atoms with Crippen LogP contribution in [-0.2, 0) is 16.0 Å². The third-order valence-corrected chi connectivity index (χ3v) is 13.2. The van der Waals surface area contributed by atoms with Crippen molar-refractivity contribution >= 4 is 5.97 Å². The minimum absolute atomic E-state index is 0.106. The number of esters is 1. The zero-order valence-electron chi connectivity index (χ0n) is 28.7. The van der Waals surface area contributed by atoms with Crippen molar-refractivity contribution in [1.29, 1.82) is 0 Å². The molecule has 3 fully saturated rings. The maximum Gasteiger partial charge on any atom is 0.305 e. The molecule has 0 aromatic carbocycles. The highest BCUT2D eigenvalue weighted by Gasteiger charge is 2.66. The van der Waals surface area contributed by atoms with Gasteiger partial charge in [-0.2, -0.15) is 0 Å². The first kappa shape index (κ1) is 34.1. The molecule has 0 amide bonds. The highest BCUT2D eigenvalue weighted by Crippen LogP contribution is 2.72. The third-order valence-electron chi connectivity index (χ3n) is 13.2. The summed E-state index contributed by atoms with van der Waals surface area (Å²) in [5.74, 6) is 2.62. The van der Waals surface area contributed by atoms with E-state index in [2.05, 4.69) is 19.9 Å². The molecule has 4 aliphatic rings. The van der Waals surface area contributed by atoms with Crippen LogP contribution in [0.3, 0.4) is 0 Å². The molecule has 1 heterocycles. The van der Waals surface area contributed by atoms with Gasteiger partial charge in [-0.3, -0.25) is 4.79 Å². The van der Waals surface area contributed by atoms with Crippen molar-refractivity contribution < 1.29 is 19.1 Å². The number of hydrogen-bond acceptors (Lipinski definition) is 4. The monoisotopic (exact) mass is 610 g/mol. The molecule has 5 rings (SSSR count). The number of hydrogen-bond donors (Lipinski definition) is 1. The van der Waals surface area contributed by atoms with E-state index in [4.69, 9.17) is 9.15 Å². The first-order valence-corrected chi connectivity index (χ1v) is 19.3. The quantitative estimate of drug-likeness (QED) is 0.118. The predicted molar refractivity (Wildman–Crippen MR) is 180 cm³/mol. The zero-order valence-corrected chi connectivity index (χ0v) is 28.7. The molecule has 250 valence electrons. The van der Waals surface area contributed by atoms with Gasteiger partial charge in [-0.1, -0.05) is 117 Å². The Bertz CT molecular complexity index is 1010. The Hall–Kier alpha value is -1.29. The van der Waals surface area contributed by atoms with Crippen molar-refractivity contribution in [2.24, 2.45) is 22.7 Å². The van der Waals surface area contributed by atoms with E-state index in [9.17, 15) is 9.90 Å². The maximum absolute atomic E-state index is 12.7. The van der Waals surface area contributed by atoms with Crippen molar-refractivity contribution in [3.63, 3.8) is 0 Å². The van der Waals surface area contributed by atoms with E-state index in [0.717, 1.165) is 38.5 Å². The Kier molecular flexibility index (Phi) is 12.4. The van der Waals surface area contributed by atoms with Crippen LogP contribution in [0, 0.1) is 22.7 Å². The SMILES string of the molecule is CCCCCCCCCCCCCCCCCCCC(=O)OC[C@@]1(O)C[C@@]23CC[C@@H]4c5ccoc5CC[C@@]4(C)[C@@H]2CC[C@@H]1C3. The highest BCUT2D eigenvalue weighted by atomic mass is 16.5. The van der Waals surface area contributed by atoms with E-state index in [-0.39, 0.29) is 29.3 Å². The molecule has 0 unspecified atom stereocenters. The normalized spacial score (nSPS) is 32.2. The van der Waals surface area contributed by atoms with Crippen molar-refractivity contribution in [2.75, 3.05) is 6.61 Å². The van der Waals surface area contributed by atoms with Gasteiger partial charge < -0.3 is 14.3 Å². The fourth-order valence-corrected chi connectivity index (χ4v) is 10.8. The maximum atomic E-state index is 12.7. The number of fused-ring (bicyclic) bond motifs is 5. The lowest BCUT2D eigenvalue weighted by Gasteiger charge is -2.59. The summed E-state index contributed by atoms with van der Waals surface area (Å²) in [6.45, 7) is 5.03. The lowest BCUT2D eigenvalue weighted by molar-refractivity contribution is -0.154. The van der Waals surface area contributed by atoms with Gasteiger partial charge in [-0.05, 0) is 91.6 Å². The van der Waals surface area contributed by atoms with E-state index < -0.39 is 5.60 Å². The van der Waals surface area contributed by atoms with Gasteiger partial charge in [0.25, 0.3) is 0 Å². The number of ether oxygens (including phenoxy) is 1. The molecule has 4 aliphatic carbocycles. The van der Waals surface area contributed by atoms with Crippen LogP contribution < -0.4 is 0 Å². The number of furan rings is 1. The van der Waals surface area contributed by atoms with E-state index in [1.54, 1.807) is 0 Å². The molecule has 0 aliphatic heterocycles. The van der Waals surface area contributed by atoms with E-state index >= 15 is 0 Å². The van der Waals surface area contributed by atoms with Gasteiger partial charge >= 0.3 is 5.97 Å². The molecule has 4 nitrogen and oxygen atoms in total. The molecule has 4 heteroatoms. The summed E-state index contributed by atoms with van der Waals surface area (Å²) in [6.07, 6.45) is 34.1. The summed E-state index contributed by atoms with van der Waals surface area (Å²) >= 11 is 0. The molecule has 1 aromatic rings. The molecule has 0 saturated heterocycles. The molecule has 1 N–H and O–H groups in total. The fourth-order valence-electron chi connectivity index (χ4n) is 10.8. The molecule has 1 spiro atoms. The Balaban J connectivity index is 0.910. The minimum Gasteiger partial charge on any atom is -0.469 e. The summed E-state index contributed by atoms with van der Waals surface area (Å²) in [5.41, 5.74) is 1.12. The summed E-state index contributed by atoms with van der Waals surface area (Å²) in [6, 6.07) is 2.23. The zero-order chi connectivity index (χ0) is 30.9. The van der Waals surface area contributed by atoms with Crippen LogP contribution in [0.15, 0.2) is 16.7 Å². The van der Waals surface area contributed by atoms with Crippen molar-refractivity contribution in [3.05, 3.63) is 23.7 Å². The molecule has 1 aromatic heterocycles. The van der Waals surface area contributed by atoms with Crippen LogP contribution >= 0.6 is 0 Å². The second-order valence-electron chi connectivity index (χ2n) is 16.1. The van der Waals surface area contributed by atoms with Gasteiger partial charge in [0, 0.05) is 12.8 Å². The van der Waals surface area contributed by atoms with Gasteiger partial charge in [-0.15, -0.1) is 0 Å². The van der Waals surface area contributed by atoms with Crippen LogP contribution in [0.1, 0.15) is 192 Å². The third kappa shape index (κ3) is 7.98. The Morgan fingerprint density at radius 1 is 0.864 bits per heavy atom. The fraction of sp³-hybridized carbons (Fsp3) is 0.875. The lowest BCUT2D eigenvalue weighted by atomic mass is 9.45. The summed E-state index contributed by atoms with van der Waals surface area (Å²) in [5, 5.41) is 11.9. The van der Waals surface area contributed by atoms with Crippen LogP contribution in [0.2, 0.25) is 0 Å². The topological polar surface area (TPSA) is 59.7 Å². The largest absolute Gasteiger partial charge is 0.469 e. The molecule has 0 radical (unpaired) electrons. The van der Waals surface area contributed by atoms with Gasteiger partial charge in [0.05, 0.1) is 6.26 Å². The number of unbranched alkanes of at least 4 members (excludes halogenated alkanes) is 16. The molecule has 44 heavy (non-hydrogen) atoms. The summed E-state index contributed by atoms with van der Waals surface area (Å²) in [4.78, 5) is 12.7. The number of aryl methyl sites for hydroxylation is 1. The number of rotatable bonds is 20. The average molecular weight is 611 g/mol. The smallest absolute Gasteiger partial charge is 0.305 e. The van der Waals surface area contributed by atoms with E-state index in [1.807, 2.05) is 6.26 Å². The average Bonchev–Trinajstić information content (AvgIpc) is 3.57. The molecule has 3 saturated carbocycles. The van der Waals surface area contributed by atoms with Gasteiger partial charge in [0.2, 0.25) is 0 Å². The van der Waals surface area contributed by atoms with Crippen LogP contribution in [-0.4, -0.2) is 23.3 Å². The van der Waals surface area contributed by atoms with Crippen LogP contribution in [0.5, 0.6) is 0 Å². The van der Waals surface area contributed by atoms with Gasteiger partial charge in [0.15, 0.2) is 0 Å². The number of carbonyl (C=O) groups excluding carboxylic acids is 1. The van der Waals surface area contributed by atoms with Crippen LogP contribution in [0.25, 0.3) is 0 Å². The minimum atomic E-state index is -0.836. The van der Waals surface area contributed by atoms with Crippen molar-refractivity contribution in [3.8, 4) is 0 Å². The van der Waals surface area contributed by atoms with Gasteiger partial charge in [-0.25, -0.2) is 0 Å². The summed E-state index contributed by atoms with van der Waals surface area (Å²) < 4.78 is 11.6. The second-order valence-corrected chi connectivity index (χ2v) is 16.1. The van der Waals surface area contributed by atoms with Crippen LogP contribution in [0.4, 0.5) is 0 Å². The second kappa shape index (κ2) is 16.0. The molecule has 6 atom stereocenters. The van der Waals surface area contributed by atoms with Crippen molar-refractivity contribution in [1.82, 2.24) is 0 Å². The Morgan fingerprint density at radius 3 is 2.11 bits per heavy atom. The first-order chi connectivity index (χ1) is 21.4. The predicted octanol–water partition coefficient (Wildman–Crippen LogP) is 11.2. The summed E-state index contributed by atoms with van der Waals surface area (Å²) in [7, 11) is 0. The highest BCUT2D eigenvalue weighted by molar-refractivity contribution is 5.69. The van der Waals surface area contributed by atoms with E-state index in [0.29, 0.717) is 18.3 Å². The first-order valence-electron chi connectivity index (χ1n) is 19.3. The van der Waals surface area contributed by atoms with Crippen molar-refractivity contribution in [2.45, 2.75) is 192 Å². The Labute approximate surface area is 269 Å². The number of carbonyl (C=O) groups is 1. The number of aliphatic hydroxyl groups is 1. The molecule has 2 bridgehead atoms. The standard InChI is InChI=1S/C40H66O4/c1-3-4-5-6-7-8-9-10-11-12-13-14-15-16-17-18-19-20-37(41)44-31-40(42)30-39-27-23-34-33-25-28-43-35(33)24-26-38(34,2)36(39)22-21-32(40)29-39/h25,28,32,34,36,42H,3-24,26-27,29-31H2,1-2H3/t32-,34-,36+,38-,39+,40+/m1/s1. The Morgan fingerprint density at radius 2 is 1.48 bits per heavy atom. The van der Waals surface area contributed by atoms with Gasteiger partial charge in [0.1, 0.15) is 18.0 Å².